The lowest BCUT2D eigenvalue weighted by atomic mass is 9.98. The molecule has 1 atom stereocenters. The van der Waals surface area contributed by atoms with Gasteiger partial charge in [-0.2, -0.15) is 0 Å². The molecule has 0 radical (unpaired) electrons. The molecular formula is C24H22FN5O2. The van der Waals surface area contributed by atoms with Crippen LogP contribution < -0.4 is 4.90 Å². The van der Waals surface area contributed by atoms with Gasteiger partial charge in [-0.15, -0.1) is 0 Å². The third kappa shape index (κ3) is 3.79. The van der Waals surface area contributed by atoms with E-state index >= 15 is 0 Å². The van der Waals surface area contributed by atoms with Crippen molar-refractivity contribution in [3.63, 3.8) is 0 Å². The fourth-order valence-corrected chi connectivity index (χ4v) is 4.04. The molecule has 0 amide bonds. The second-order valence-electron chi connectivity index (χ2n) is 7.75. The lowest BCUT2D eigenvalue weighted by Crippen LogP contribution is -2.36. The van der Waals surface area contributed by atoms with Crippen LogP contribution in [-0.4, -0.2) is 51.3 Å². The molecule has 5 rings (SSSR count). The van der Waals surface area contributed by atoms with Crippen molar-refractivity contribution in [2.24, 2.45) is 0 Å². The molecule has 8 heteroatoms. The molecule has 4 aromatic rings. The Morgan fingerprint density at radius 1 is 1.03 bits per heavy atom. The largest absolute Gasteiger partial charge is 0.382 e. The minimum atomic E-state index is -1.21. The Bertz CT molecular complexity index is 1280. The number of fused-ring (bicyclic) bond motifs is 1. The number of hydrogen-bond acceptors (Lipinski definition) is 7. The highest BCUT2D eigenvalue weighted by Gasteiger charge is 2.20. The number of aliphatic hydroxyl groups is 1. The zero-order valence-electron chi connectivity index (χ0n) is 17.6. The van der Waals surface area contributed by atoms with Crippen LogP contribution in [0, 0.1) is 12.7 Å². The number of nitrogens with zero attached hydrogens (tertiary/aromatic N) is 5. The van der Waals surface area contributed by atoms with Crippen molar-refractivity contribution in [3.8, 4) is 11.3 Å². The highest BCUT2D eigenvalue weighted by Crippen LogP contribution is 2.32. The van der Waals surface area contributed by atoms with Crippen LogP contribution in [0.5, 0.6) is 0 Å². The fourth-order valence-electron chi connectivity index (χ4n) is 4.04. The fraction of sp³-hybridized carbons (Fsp3) is 0.250. The zero-order valence-corrected chi connectivity index (χ0v) is 17.6. The second-order valence-corrected chi connectivity index (χ2v) is 7.75. The van der Waals surface area contributed by atoms with Crippen LogP contribution in [0.15, 0.2) is 55.2 Å². The van der Waals surface area contributed by atoms with Gasteiger partial charge in [0.05, 0.1) is 30.1 Å². The monoisotopic (exact) mass is 431 g/mol. The quantitative estimate of drug-likeness (QED) is 0.530. The molecular weight excluding hydrogens is 409 g/mol. The lowest BCUT2D eigenvalue weighted by Gasteiger charge is -2.29. The molecule has 0 saturated carbocycles. The van der Waals surface area contributed by atoms with Crippen LogP contribution in [-0.2, 0) is 4.74 Å². The number of benzene rings is 2. The van der Waals surface area contributed by atoms with Gasteiger partial charge in [-0.3, -0.25) is 0 Å². The molecule has 32 heavy (non-hydrogen) atoms. The number of aliphatic hydroxyl groups excluding tert-OH is 1. The van der Waals surface area contributed by atoms with E-state index in [0.717, 1.165) is 29.7 Å². The molecule has 7 nitrogen and oxygen atoms in total. The van der Waals surface area contributed by atoms with Crippen LogP contribution in [0.1, 0.15) is 22.9 Å². The highest BCUT2D eigenvalue weighted by atomic mass is 19.1. The summed E-state index contributed by atoms with van der Waals surface area (Å²) in [7, 11) is 0. The predicted molar refractivity (Wildman–Crippen MR) is 119 cm³/mol. The number of halogens is 1. The standard InChI is InChI=1S/C24H22FN5O2/c1-15-12-26-13-28-22(15)24(31)19-10-16(2-5-20(19)25)23-18-4-3-17(11-21(18)27-14-29-23)30-6-8-32-9-7-30/h2-5,10-14,24,31H,6-9H2,1H3. The SMILES string of the molecule is Cc1cncnc1C(O)c1cc(-c2ncnc3cc(N4CCOCC4)ccc23)ccc1F. The van der Waals surface area contributed by atoms with E-state index in [4.69, 9.17) is 4.74 Å². The Morgan fingerprint density at radius 2 is 1.88 bits per heavy atom. The summed E-state index contributed by atoms with van der Waals surface area (Å²) in [6.07, 6.45) is 3.24. The van der Waals surface area contributed by atoms with Gasteiger partial charge in [0.15, 0.2) is 0 Å². The average Bonchev–Trinajstić information content (AvgIpc) is 2.84. The number of aromatic nitrogens is 4. The molecule has 2 aromatic heterocycles. The Kier molecular flexibility index (Phi) is 5.46. The molecule has 1 aliphatic rings. The van der Waals surface area contributed by atoms with Crippen molar-refractivity contribution in [1.29, 1.82) is 0 Å². The van der Waals surface area contributed by atoms with Crippen molar-refractivity contribution in [1.82, 2.24) is 19.9 Å². The second kappa shape index (κ2) is 8.57. The maximum Gasteiger partial charge on any atom is 0.129 e. The van der Waals surface area contributed by atoms with E-state index in [2.05, 4.69) is 24.8 Å². The molecule has 1 N–H and O–H groups in total. The molecule has 1 saturated heterocycles. The molecule has 162 valence electrons. The Hall–Kier alpha value is -3.49. The first-order valence-corrected chi connectivity index (χ1v) is 10.4. The molecule has 3 heterocycles. The van der Waals surface area contributed by atoms with Gasteiger partial charge in [-0.1, -0.05) is 0 Å². The molecule has 0 aliphatic carbocycles. The van der Waals surface area contributed by atoms with E-state index in [9.17, 15) is 9.50 Å². The van der Waals surface area contributed by atoms with Crippen LogP contribution in [0.4, 0.5) is 10.1 Å². The summed E-state index contributed by atoms with van der Waals surface area (Å²) >= 11 is 0. The van der Waals surface area contributed by atoms with E-state index in [0.29, 0.717) is 35.7 Å². The summed E-state index contributed by atoms with van der Waals surface area (Å²) in [5.74, 6) is -0.507. The van der Waals surface area contributed by atoms with Crippen molar-refractivity contribution in [3.05, 3.63) is 77.9 Å². The van der Waals surface area contributed by atoms with Gasteiger partial charge in [0, 0.05) is 41.5 Å². The summed E-state index contributed by atoms with van der Waals surface area (Å²) in [6.45, 7) is 4.87. The molecule has 1 unspecified atom stereocenters. The number of ether oxygens (including phenoxy) is 1. The van der Waals surface area contributed by atoms with Gasteiger partial charge in [0.25, 0.3) is 0 Å². The maximum atomic E-state index is 14.7. The Morgan fingerprint density at radius 3 is 2.69 bits per heavy atom. The minimum absolute atomic E-state index is 0.140. The van der Waals surface area contributed by atoms with E-state index in [1.54, 1.807) is 25.3 Å². The zero-order chi connectivity index (χ0) is 22.1. The van der Waals surface area contributed by atoms with Gasteiger partial charge < -0.3 is 14.7 Å². The van der Waals surface area contributed by atoms with Gasteiger partial charge in [-0.05, 0) is 48.9 Å². The molecule has 1 fully saturated rings. The predicted octanol–water partition coefficient (Wildman–Crippen LogP) is 3.45. The number of hydrogen-bond donors (Lipinski definition) is 1. The van der Waals surface area contributed by atoms with Gasteiger partial charge in [0.1, 0.15) is 24.6 Å². The van der Waals surface area contributed by atoms with E-state index in [1.807, 2.05) is 18.2 Å². The van der Waals surface area contributed by atoms with Gasteiger partial charge in [-0.25, -0.2) is 24.3 Å². The summed E-state index contributed by atoms with van der Waals surface area (Å²) < 4.78 is 20.1. The van der Waals surface area contributed by atoms with Crippen molar-refractivity contribution >= 4 is 16.6 Å². The first-order chi connectivity index (χ1) is 15.6. The van der Waals surface area contributed by atoms with E-state index in [-0.39, 0.29) is 5.56 Å². The normalized spacial score (nSPS) is 15.2. The smallest absolute Gasteiger partial charge is 0.129 e. The van der Waals surface area contributed by atoms with Crippen molar-refractivity contribution in [2.75, 3.05) is 31.2 Å². The van der Waals surface area contributed by atoms with Crippen LogP contribution in [0.3, 0.4) is 0 Å². The average molecular weight is 431 g/mol. The summed E-state index contributed by atoms with van der Waals surface area (Å²) in [6, 6.07) is 10.7. The molecule has 0 bridgehead atoms. The van der Waals surface area contributed by atoms with Gasteiger partial charge in [0.2, 0.25) is 0 Å². The topological polar surface area (TPSA) is 84.3 Å². The molecule has 0 spiro atoms. The number of rotatable bonds is 4. The molecule has 2 aromatic carbocycles. The number of morpholine rings is 1. The highest BCUT2D eigenvalue weighted by molar-refractivity contribution is 5.94. The van der Waals surface area contributed by atoms with E-state index in [1.165, 1.54) is 18.7 Å². The Labute approximate surface area is 184 Å². The first kappa shape index (κ1) is 20.4. The van der Waals surface area contributed by atoms with Crippen molar-refractivity contribution < 1.29 is 14.2 Å². The van der Waals surface area contributed by atoms with Gasteiger partial charge >= 0.3 is 0 Å². The third-order valence-corrected chi connectivity index (χ3v) is 5.76. The summed E-state index contributed by atoms with van der Waals surface area (Å²) in [5, 5.41) is 11.7. The van der Waals surface area contributed by atoms with Crippen LogP contribution >= 0.6 is 0 Å². The number of anilines is 1. The third-order valence-electron chi connectivity index (χ3n) is 5.76. The summed E-state index contributed by atoms with van der Waals surface area (Å²) in [5.41, 5.74) is 4.46. The lowest BCUT2D eigenvalue weighted by molar-refractivity contribution is 0.122. The van der Waals surface area contributed by atoms with Crippen LogP contribution in [0.2, 0.25) is 0 Å². The maximum absolute atomic E-state index is 14.7. The summed E-state index contributed by atoms with van der Waals surface area (Å²) in [4.78, 5) is 19.3. The first-order valence-electron chi connectivity index (χ1n) is 10.4. The van der Waals surface area contributed by atoms with Crippen LogP contribution in [0.25, 0.3) is 22.2 Å². The molecule has 1 aliphatic heterocycles. The van der Waals surface area contributed by atoms with E-state index < -0.39 is 11.9 Å². The minimum Gasteiger partial charge on any atom is -0.382 e. The van der Waals surface area contributed by atoms with Crippen molar-refractivity contribution in [2.45, 2.75) is 13.0 Å². The number of aryl methyl sites for hydroxylation is 1. The Balaban J connectivity index is 1.55.